The Morgan fingerprint density at radius 2 is 1.78 bits per heavy atom. The van der Waals surface area contributed by atoms with Crippen LogP contribution in [0.3, 0.4) is 0 Å². The van der Waals surface area contributed by atoms with Crippen molar-refractivity contribution in [1.29, 1.82) is 0 Å². The fourth-order valence-electron chi connectivity index (χ4n) is 10.3. The van der Waals surface area contributed by atoms with Gasteiger partial charge in [-0.1, -0.05) is 56.3 Å². The number of Topliss-reactive ketones (excluding diaryl/α,β-unsaturated/α-hetero) is 2. The van der Waals surface area contributed by atoms with Crippen LogP contribution in [0.5, 0.6) is 0 Å². The number of carbonyl (C=O) groups is 4. The number of allylic oxidation sites excluding steroid dienone is 4. The molecule has 54 heavy (non-hydrogen) atoms. The summed E-state index contributed by atoms with van der Waals surface area (Å²) >= 11 is 0. The minimum absolute atomic E-state index is 0.0170. The zero-order valence-electron chi connectivity index (χ0n) is 30.9. The van der Waals surface area contributed by atoms with Crippen molar-refractivity contribution in [1.82, 2.24) is 0 Å². The van der Waals surface area contributed by atoms with Gasteiger partial charge in [-0.15, -0.1) is 0 Å². The highest BCUT2D eigenvalue weighted by Crippen LogP contribution is 2.72. The molecule has 4 fully saturated rings. The number of amides is 1. The Balaban J connectivity index is 1.09. The van der Waals surface area contributed by atoms with Gasteiger partial charge in [-0.25, -0.2) is 8.78 Å². The van der Waals surface area contributed by atoms with Crippen LogP contribution in [0, 0.1) is 28.6 Å². The molecule has 1 aliphatic heterocycles. The third kappa shape index (κ3) is 5.75. The summed E-state index contributed by atoms with van der Waals surface area (Å²) in [5.74, 6) is -3.73. The standard InChI is InChI=1S/C42H48F2N2O8/c1-22(14-33(49)23(2)45)37(52)46-27-7-5-6-25(16-27)15-24-8-10-26(11-9-24)38-53-36-19-29-30-18-32(43)31-17-28(48)12-13-39(31,3)41(30,44)34(50)20-40(29,4)42(36,54-38)35(51)21-47/h5-13,16-17,22-23,29-30,32,34,36,38,47,50H,14-15,18-21,45H2,1-4H3,(H,46,52)/t22-,23+,29+,30+,32+,34+,36?,38?,39+,40+,41+,42-/m1/s1. The van der Waals surface area contributed by atoms with Crippen LogP contribution in [-0.2, 0) is 35.1 Å². The largest absolute Gasteiger partial charge is 0.390 e. The minimum Gasteiger partial charge on any atom is -0.390 e. The van der Waals surface area contributed by atoms with Crippen molar-refractivity contribution < 1.29 is 47.6 Å². The number of ether oxygens (including phenoxy) is 2. The van der Waals surface area contributed by atoms with Crippen molar-refractivity contribution in [2.75, 3.05) is 11.9 Å². The molecule has 1 saturated heterocycles. The summed E-state index contributed by atoms with van der Waals surface area (Å²) in [6.45, 7) is 5.69. The van der Waals surface area contributed by atoms with Crippen molar-refractivity contribution in [3.05, 3.63) is 89.0 Å². The maximum absolute atomic E-state index is 17.7. The van der Waals surface area contributed by atoms with Crippen molar-refractivity contribution in [2.24, 2.45) is 34.3 Å². The fourth-order valence-corrected chi connectivity index (χ4v) is 10.3. The molecule has 7 rings (SSSR count). The van der Waals surface area contributed by atoms with Gasteiger partial charge in [0.1, 0.15) is 18.6 Å². The SMILES string of the molecule is C[C@H](N)C(=O)C[C@@H](C)C(=O)Nc1cccc(Cc2ccc(C3OC4C[C@H]5[C@@H]6C[C@H](F)C7=CC(=O)C=C[C@]7(C)[C@@]6(F)[C@@H](O)C[C@]5(C)[C@]4(C(=O)CO)O3)cc2)c1. The average molecular weight is 747 g/mol. The highest BCUT2D eigenvalue weighted by Gasteiger charge is 2.80. The second-order valence-electron chi connectivity index (χ2n) is 16.5. The number of aliphatic hydroxyl groups is 2. The first-order chi connectivity index (χ1) is 25.5. The van der Waals surface area contributed by atoms with Crippen LogP contribution >= 0.6 is 0 Å². The fraction of sp³-hybridized carbons (Fsp3) is 0.524. The molecule has 1 heterocycles. The molecule has 10 nitrogen and oxygen atoms in total. The lowest BCUT2D eigenvalue weighted by Crippen LogP contribution is -2.70. The van der Waals surface area contributed by atoms with Gasteiger partial charge >= 0.3 is 0 Å². The first-order valence-electron chi connectivity index (χ1n) is 18.7. The van der Waals surface area contributed by atoms with E-state index in [1.54, 1.807) is 26.8 Å². The molecule has 2 unspecified atom stereocenters. The molecule has 12 atom stereocenters. The molecule has 3 saturated carbocycles. The van der Waals surface area contributed by atoms with Gasteiger partial charge in [0.25, 0.3) is 0 Å². The van der Waals surface area contributed by atoms with E-state index in [4.69, 9.17) is 15.2 Å². The van der Waals surface area contributed by atoms with Gasteiger partial charge in [0.15, 0.2) is 29.1 Å². The van der Waals surface area contributed by atoms with E-state index >= 15 is 8.78 Å². The molecular weight excluding hydrogens is 698 g/mol. The number of aliphatic hydroxyl groups excluding tert-OH is 2. The summed E-state index contributed by atoms with van der Waals surface area (Å²) in [5.41, 5.74) is 1.92. The van der Waals surface area contributed by atoms with E-state index < -0.39 is 88.7 Å². The molecule has 0 bridgehead atoms. The summed E-state index contributed by atoms with van der Waals surface area (Å²) in [4.78, 5) is 50.7. The van der Waals surface area contributed by atoms with Gasteiger partial charge in [-0.2, -0.15) is 0 Å². The lowest BCUT2D eigenvalue weighted by Gasteiger charge is -2.63. The maximum Gasteiger partial charge on any atom is 0.227 e. The smallest absolute Gasteiger partial charge is 0.227 e. The van der Waals surface area contributed by atoms with Gasteiger partial charge in [0.05, 0.1) is 18.2 Å². The van der Waals surface area contributed by atoms with E-state index in [-0.39, 0.29) is 42.9 Å². The van der Waals surface area contributed by atoms with E-state index in [1.165, 1.54) is 19.1 Å². The highest BCUT2D eigenvalue weighted by atomic mass is 19.1. The van der Waals surface area contributed by atoms with Gasteiger partial charge < -0.3 is 30.7 Å². The summed E-state index contributed by atoms with van der Waals surface area (Å²) in [7, 11) is 0. The number of hydrogen-bond acceptors (Lipinski definition) is 9. The summed E-state index contributed by atoms with van der Waals surface area (Å²) in [6.07, 6.45) is -1.16. The highest BCUT2D eigenvalue weighted by molar-refractivity contribution is 6.01. The lowest BCUT2D eigenvalue weighted by atomic mass is 9.44. The molecule has 0 radical (unpaired) electrons. The molecule has 5 aliphatic rings. The molecule has 1 amide bonds. The number of benzene rings is 2. The van der Waals surface area contributed by atoms with Crippen molar-refractivity contribution >= 4 is 28.9 Å². The van der Waals surface area contributed by atoms with Crippen LogP contribution in [0.2, 0.25) is 0 Å². The Bertz CT molecular complexity index is 1930. The van der Waals surface area contributed by atoms with Gasteiger partial charge in [-0.3, -0.25) is 19.2 Å². The number of anilines is 1. The predicted molar refractivity (Wildman–Crippen MR) is 194 cm³/mol. The molecule has 12 heteroatoms. The normalized spacial score (nSPS) is 37.6. The van der Waals surface area contributed by atoms with Crippen LogP contribution in [0.1, 0.15) is 76.4 Å². The third-order valence-corrected chi connectivity index (χ3v) is 13.2. The quantitative estimate of drug-likeness (QED) is 0.267. The number of nitrogens with two attached hydrogens (primary N) is 1. The van der Waals surface area contributed by atoms with Crippen molar-refractivity contribution in [2.45, 2.75) is 102 Å². The zero-order valence-corrected chi connectivity index (χ0v) is 30.9. The maximum atomic E-state index is 17.7. The summed E-state index contributed by atoms with van der Waals surface area (Å²) < 4.78 is 46.6. The average Bonchev–Trinajstić information content (AvgIpc) is 3.63. The number of fused-ring (bicyclic) bond motifs is 7. The van der Waals surface area contributed by atoms with Crippen LogP contribution in [0.15, 0.2) is 72.3 Å². The van der Waals surface area contributed by atoms with Crippen LogP contribution in [-0.4, -0.2) is 75.8 Å². The second kappa shape index (κ2) is 13.7. The Hall–Kier alpha value is -3.94. The van der Waals surface area contributed by atoms with Gasteiger partial charge in [-0.05, 0) is 86.4 Å². The number of hydrogen-bond donors (Lipinski definition) is 4. The van der Waals surface area contributed by atoms with E-state index in [9.17, 15) is 29.4 Å². The topological polar surface area (TPSA) is 165 Å². The minimum atomic E-state index is -2.33. The van der Waals surface area contributed by atoms with E-state index in [2.05, 4.69) is 5.32 Å². The van der Waals surface area contributed by atoms with Crippen LogP contribution < -0.4 is 11.1 Å². The van der Waals surface area contributed by atoms with Crippen LogP contribution in [0.4, 0.5) is 14.5 Å². The number of alkyl halides is 2. The van der Waals surface area contributed by atoms with Crippen molar-refractivity contribution in [3.63, 3.8) is 0 Å². The number of ketones is 3. The third-order valence-electron chi connectivity index (χ3n) is 13.2. The molecule has 0 aromatic heterocycles. The molecular formula is C42H48F2N2O8. The molecule has 5 N–H and O–H groups in total. The lowest BCUT2D eigenvalue weighted by molar-refractivity contribution is -0.235. The number of nitrogens with one attached hydrogen (secondary N) is 1. The van der Waals surface area contributed by atoms with E-state index in [0.29, 0.717) is 17.7 Å². The molecule has 2 aromatic rings. The van der Waals surface area contributed by atoms with Gasteiger partial charge in [0.2, 0.25) is 5.91 Å². The van der Waals surface area contributed by atoms with E-state index in [1.807, 2.05) is 42.5 Å². The van der Waals surface area contributed by atoms with Crippen molar-refractivity contribution in [3.8, 4) is 0 Å². The Morgan fingerprint density at radius 3 is 2.46 bits per heavy atom. The zero-order chi connectivity index (χ0) is 39.0. The first-order valence-corrected chi connectivity index (χ1v) is 18.7. The molecule has 4 aliphatic carbocycles. The summed E-state index contributed by atoms with van der Waals surface area (Å²) in [6, 6.07) is 14.2. The number of carbonyl (C=O) groups excluding carboxylic acids is 4. The number of rotatable bonds is 10. The molecule has 2 aromatic carbocycles. The Kier molecular flexibility index (Phi) is 9.70. The Morgan fingerprint density at radius 1 is 1.06 bits per heavy atom. The molecule has 0 spiro atoms. The summed E-state index contributed by atoms with van der Waals surface area (Å²) in [5, 5.41) is 24.9. The Labute approximate surface area is 313 Å². The monoisotopic (exact) mass is 746 g/mol. The number of halogens is 2. The van der Waals surface area contributed by atoms with Gasteiger partial charge in [0, 0.05) is 40.3 Å². The second-order valence-corrected chi connectivity index (χ2v) is 16.5. The van der Waals surface area contributed by atoms with Crippen LogP contribution in [0.25, 0.3) is 0 Å². The molecule has 288 valence electrons. The first kappa shape index (κ1) is 38.3. The van der Waals surface area contributed by atoms with E-state index in [0.717, 1.165) is 17.2 Å². The predicted octanol–water partition coefficient (Wildman–Crippen LogP) is 4.80.